The molecule has 2 aromatic carbocycles. The second kappa shape index (κ2) is 13.6. The van der Waals surface area contributed by atoms with E-state index in [2.05, 4.69) is 20.6 Å². The monoisotopic (exact) mass is 828 g/mol. The standard InChI is InChI=1S/C37H28F8N10O2S/c38-18-7-16(8-19(39)11-18)9-25(48-28(56)14-55-32-29(31(52-55)37(43,44)45)20-2-3-23(20)36(32,41)42)30-21(17-1-4-24(40)22(10-17)33(46)57)12-26-34(49-30)50-35(58-26)53-5-6-54-15-47-51-27(54)13-53/h1,4,7-8,10-12,15,20,23,25H,2-3,5-6,9,13-14H2,(H2,46,57)(H,48,56)/t20-,23+,25-/m0/s1. The van der Waals surface area contributed by atoms with Crippen molar-refractivity contribution in [2.75, 3.05) is 11.4 Å². The van der Waals surface area contributed by atoms with Gasteiger partial charge in [0.2, 0.25) is 5.91 Å². The number of primary amides is 1. The lowest BCUT2D eigenvalue weighted by Gasteiger charge is -2.34. The molecule has 0 radical (unpaired) electrons. The van der Waals surface area contributed by atoms with Crippen LogP contribution in [0.15, 0.2) is 48.8 Å². The molecule has 9 rings (SSSR count). The summed E-state index contributed by atoms with van der Waals surface area (Å²) >= 11 is 1.24. The third kappa shape index (κ3) is 6.40. The maximum atomic E-state index is 15.6. The molecule has 21 heteroatoms. The average molecular weight is 829 g/mol. The van der Waals surface area contributed by atoms with Gasteiger partial charge in [-0.25, -0.2) is 18.2 Å². The van der Waals surface area contributed by atoms with Crippen LogP contribution in [0.2, 0.25) is 0 Å². The number of halogens is 8. The second-order valence-corrected chi connectivity index (χ2v) is 15.5. The number of amides is 2. The van der Waals surface area contributed by atoms with Gasteiger partial charge in [0.15, 0.2) is 22.3 Å². The number of carbonyl (C=O) groups is 2. The highest BCUT2D eigenvalue weighted by Crippen LogP contribution is 2.64. The molecule has 0 bridgehead atoms. The molecule has 1 fully saturated rings. The van der Waals surface area contributed by atoms with E-state index < -0.39 is 88.3 Å². The Bertz CT molecular complexity index is 2640. The number of nitrogens with zero attached hydrogens (tertiary/aromatic N) is 8. The minimum Gasteiger partial charge on any atom is -0.366 e. The number of pyridine rings is 1. The highest BCUT2D eigenvalue weighted by molar-refractivity contribution is 7.22. The van der Waals surface area contributed by atoms with Crippen molar-refractivity contribution in [2.45, 2.75) is 63.0 Å². The maximum Gasteiger partial charge on any atom is 0.435 e. The van der Waals surface area contributed by atoms with Crippen LogP contribution in [0.4, 0.5) is 40.3 Å². The number of rotatable bonds is 9. The van der Waals surface area contributed by atoms with Crippen LogP contribution >= 0.6 is 11.3 Å². The number of alkyl halides is 5. The van der Waals surface area contributed by atoms with E-state index in [-0.39, 0.29) is 47.3 Å². The van der Waals surface area contributed by atoms with Crippen LogP contribution in [-0.2, 0) is 42.9 Å². The Morgan fingerprint density at radius 3 is 2.50 bits per heavy atom. The molecule has 2 aliphatic carbocycles. The van der Waals surface area contributed by atoms with Crippen molar-refractivity contribution in [3.05, 3.63) is 106 Å². The number of nitrogens with one attached hydrogen (secondary N) is 1. The van der Waals surface area contributed by atoms with Crippen molar-refractivity contribution in [3.63, 3.8) is 0 Å². The van der Waals surface area contributed by atoms with E-state index in [0.29, 0.717) is 46.0 Å². The van der Waals surface area contributed by atoms with Crippen molar-refractivity contribution in [1.82, 2.24) is 39.8 Å². The van der Waals surface area contributed by atoms with Gasteiger partial charge in [0, 0.05) is 36.2 Å². The number of fused-ring (bicyclic) bond motifs is 5. The van der Waals surface area contributed by atoms with E-state index >= 15 is 8.78 Å². The van der Waals surface area contributed by atoms with Crippen LogP contribution in [0.25, 0.3) is 21.5 Å². The largest absolute Gasteiger partial charge is 0.435 e. The lowest BCUT2D eigenvalue weighted by molar-refractivity contribution is -0.144. The summed E-state index contributed by atoms with van der Waals surface area (Å²) < 4.78 is 120. The maximum absolute atomic E-state index is 15.6. The third-order valence-corrected chi connectivity index (χ3v) is 11.9. The van der Waals surface area contributed by atoms with Gasteiger partial charge in [0.05, 0.1) is 28.5 Å². The Morgan fingerprint density at radius 2 is 1.79 bits per heavy atom. The molecule has 2 amide bonds. The van der Waals surface area contributed by atoms with Crippen LogP contribution in [0.1, 0.15) is 69.2 Å². The molecule has 1 aliphatic heterocycles. The number of hydrogen-bond donors (Lipinski definition) is 2. The molecule has 3 N–H and O–H groups in total. The van der Waals surface area contributed by atoms with E-state index in [1.807, 2.05) is 9.47 Å². The zero-order chi connectivity index (χ0) is 40.8. The summed E-state index contributed by atoms with van der Waals surface area (Å²) in [4.78, 5) is 37.6. The Morgan fingerprint density at radius 1 is 1.02 bits per heavy atom. The van der Waals surface area contributed by atoms with E-state index in [1.54, 1.807) is 12.4 Å². The first-order valence-electron chi connectivity index (χ1n) is 17.9. The molecular formula is C37H28F8N10O2S. The number of nitrogens with two attached hydrogens (primary N) is 1. The fourth-order valence-corrected chi connectivity index (χ4v) is 9.10. The Kier molecular flexibility index (Phi) is 8.78. The minimum absolute atomic E-state index is 0.00239. The van der Waals surface area contributed by atoms with E-state index in [9.17, 15) is 35.9 Å². The van der Waals surface area contributed by atoms with Crippen molar-refractivity contribution in [2.24, 2.45) is 11.7 Å². The van der Waals surface area contributed by atoms with E-state index in [0.717, 1.165) is 24.3 Å². The summed E-state index contributed by atoms with van der Waals surface area (Å²) in [5.74, 6) is -10.5. The SMILES string of the molecule is NC(=O)c1cc(-c2cc3sc(N4CCn5cnnc5C4)nc3nc2[C@H](Cc2cc(F)cc(F)c2)NC(=O)Cn2nc(C(F)(F)F)c3c2C(F)(F)[C@@H]2CC[C@H]32)ccc1F. The second-order valence-electron chi connectivity index (χ2n) is 14.4. The third-order valence-electron chi connectivity index (χ3n) is 10.9. The van der Waals surface area contributed by atoms with Crippen molar-refractivity contribution < 1.29 is 44.7 Å². The molecule has 300 valence electrons. The molecule has 1 saturated carbocycles. The number of benzene rings is 2. The molecule has 58 heavy (non-hydrogen) atoms. The van der Waals surface area contributed by atoms with E-state index in [1.165, 1.54) is 17.4 Å². The van der Waals surface area contributed by atoms with Gasteiger partial charge < -0.3 is 20.5 Å². The quantitative estimate of drug-likeness (QED) is 0.159. The van der Waals surface area contributed by atoms with Gasteiger partial charge in [-0.05, 0) is 66.6 Å². The summed E-state index contributed by atoms with van der Waals surface area (Å²) in [5, 5.41) is 14.7. The first-order chi connectivity index (χ1) is 27.5. The number of thiazole rings is 1. The number of carbonyl (C=O) groups excluding carboxylic acids is 2. The van der Waals surface area contributed by atoms with Gasteiger partial charge in [0.25, 0.3) is 11.8 Å². The average Bonchev–Trinajstić information content (AvgIpc) is 3.89. The van der Waals surface area contributed by atoms with Gasteiger partial charge in [0.1, 0.15) is 36.0 Å². The zero-order valence-electron chi connectivity index (χ0n) is 29.7. The summed E-state index contributed by atoms with van der Waals surface area (Å²) in [6.07, 6.45) is -3.76. The number of anilines is 1. The van der Waals surface area contributed by atoms with Crippen LogP contribution in [0.5, 0.6) is 0 Å². The molecule has 5 heterocycles. The number of hydrogen-bond acceptors (Lipinski definition) is 9. The minimum atomic E-state index is -5.08. The first-order valence-corrected chi connectivity index (χ1v) is 18.7. The molecule has 4 aromatic heterocycles. The Balaban J connectivity index is 1.15. The summed E-state index contributed by atoms with van der Waals surface area (Å²) in [6.45, 7) is 0.365. The van der Waals surface area contributed by atoms with Crippen molar-refractivity contribution in [1.29, 1.82) is 0 Å². The smallest absolute Gasteiger partial charge is 0.366 e. The number of aromatic nitrogens is 7. The lowest BCUT2D eigenvalue weighted by Crippen LogP contribution is -2.36. The Labute approximate surface area is 325 Å². The summed E-state index contributed by atoms with van der Waals surface area (Å²) in [5.41, 5.74) is 2.39. The highest BCUT2D eigenvalue weighted by atomic mass is 32.1. The molecule has 0 saturated heterocycles. The molecular weight excluding hydrogens is 801 g/mol. The predicted molar refractivity (Wildman–Crippen MR) is 190 cm³/mol. The zero-order valence-corrected chi connectivity index (χ0v) is 30.5. The summed E-state index contributed by atoms with van der Waals surface area (Å²) in [7, 11) is 0. The normalized spacial score (nSPS) is 18.7. The molecule has 6 aromatic rings. The summed E-state index contributed by atoms with van der Waals surface area (Å²) in [6, 6.07) is 6.31. The van der Waals surface area contributed by atoms with Crippen LogP contribution in [0.3, 0.4) is 0 Å². The van der Waals surface area contributed by atoms with Gasteiger partial charge in [-0.2, -0.15) is 32.0 Å². The van der Waals surface area contributed by atoms with Gasteiger partial charge >= 0.3 is 6.18 Å². The first kappa shape index (κ1) is 37.6. The highest BCUT2D eigenvalue weighted by Gasteiger charge is 2.63. The van der Waals surface area contributed by atoms with Gasteiger partial charge in [-0.15, -0.1) is 10.2 Å². The van der Waals surface area contributed by atoms with Crippen LogP contribution in [-0.4, -0.2) is 52.9 Å². The van der Waals surface area contributed by atoms with Gasteiger partial charge in [-0.1, -0.05) is 17.4 Å². The van der Waals surface area contributed by atoms with Crippen molar-refractivity contribution in [3.8, 4) is 11.1 Å². The van der Waals surface area contributed by atoms with E-state index in [4.69, 9.17) is 15.7 Å². The van der Waals surface area contributed by atoms with Gasteiger partial charge in [-0.3, -0.25) is 14.3 Å². The fourth-order valence-electron chi connectivity index (χ4n) is 8.12. The fraction of sp³-hybridized carbons (Fsp3) is 0.324. The van der Waals surface area contributed by atoms with Crippen LogP contribution in [0, 0.1) is 23.4 Å². The topological polar surface area (TPSA) is 150 Å². The predicted octanol–water partition coefficient (Wildman–Crippen LogP) is 6.40. The Hall–Kier alpha value is -5.99. The molecule has 0 spiro atoms. The van der Waals surface area contributed by atoms with Crippen molar-refractivity contribution >= 4 is 38.6 Å². The molecule has 3 aliphatic rings. The molecule has 12 nitrogen and oxygen atoms in total. The molecule has 3 atom stereocenters. The lowest BCUT2D eigenvalue weighted by atomic mass is 9.73. The molecule has 0 unspecified atom stereocenters. The van der Waals surface area contributed by atoms with Crippen LogP contribution < -0.4 is 16.0 Å².